The lowest BCUT2D eigenvalue weighted by Gasteiger charge is -2.45. The van der Waals surface area contributed by atoms with E-state index in [2.05, 4.69) is 15.9 Å². The molecule has 2 N–H and O–H groups in total. The number of carbonyl (C=O) groups is 1. The summed E-state index contributed by atoms with van der Waals surface area (Å²) < 4.78 is 26.5. The molecule has 1 aliphatic rings. The molecule has 0 unspecified atom stereocenters. The number of nitrogens with zero attached hydrogens (tertiary/aromatic N) is 1. The maximum absolute atomic E-state index is 12.5. The molecule has 2 rings (SSSR count). The van der Waals surface area contributed by atoms with Gasteiger partial charge in [0.15, 0.2) is 0 Å². The molecular formula is C13H16BrNO5S. The lowest BCUT2D eigenvalue weighted by atomic mass is 9.92. The van der Waals surface area contributed by atoms with Crippen LogP contribution >= 0.6 is 15.9 Å². The van der Waals surface area contributed by atoms with Crippen LogP contribution in [0.2, 0.25) is 0 Å². The second kappa shape index (κ2) is 5.68. The molecule has 6 nitrogen and oxygen atoms in total. The van der Waals surface area contributed by atoms with Gasteiger partial charge in [-0.05, 0) is 40.5 Å². The van der Waals surface area contributed by atoms with Gasteiger partial charge in [-0.1, -0.05) is 13.3 Å². The van der Waals surface area contributed by atoms with Crippen molar-refractivity contribution in [3.8, 4) is 0 Å². The topological polar surface area (TPSA) is 94.9 Å². The van der Waals surface area contributed by atoms with Gasteiger partial charge in [0.05, 0.1) is 16.1 Å². The highest BCUT2D eigenvalue weighted by molar-refractivity contribution is 9.10. The lowest BCUT2D eigenvalue weighted by Crippen LogP contribution is -2.63. The number of hydrogen-bond donors (Lipinski definition) is 2. The van der Waals surface area contributed by atoms with Gasteiger partial charge >= 0.3 is 5.97 Å². The zero-order valence-corrected chi connectivity index (χ0v) is 13.8. The second-order valence-corrected chi connectivity index (χ2v) is 7.96. The Morgan fingerprint density at radius 3 is 2.57 bits per heavy atom. The van der Waals surface area contributed by atoms with Crippen molar-refractivity contribution in [2.75, 3.05) is 13.1 Å². The van der Waals surface area contributed by atoms with Crippen molar-refractivity contribution in [2.45, 2.75) is 30.3 Å². The summed E-state index contributed by atoms with van der Waals surface area (Å²) in [4.78, 5) is 10.9. The van der Waals surface area contributed by atoms with Crippen LogP contribution in [0.15, 0.2) is 27.6 Å². The summed E-state index contributed by atoms with van der Waals surface area (Å²) in [5.74, 6) is -1.19. The van der Waals surface area contributed by atoms with Crippen molar-refractivity contribution in [1.82, 2.24) is 4.31 Å². The molecule has 1 fully saturated rings. The molecular weight excluding hydrogens is 362 g/mol. The minimum absolute atomic E-state index is 0.0346. The van der Waals surface area contributed by atoms with E-state index in [0.717, 1.165) is 16.8 Å². The van der Waals surface area contributed by atoms with Crippen LogP contribution in [0.1, 0.15) is 30.1 Å². The third kappa shape index (κ3) is 3.13. The van der Waals surface area contributed by atoms with Gasteiger partial charge in [0, 0.05) is 17.6 Å². The average molecular weight is 378 g/mol. The Morgan fingerprint density at radius 2 is 2.05 bits per heavy atom. The van der Waals surface area contributed by atoms with Crippen molar-refractivity contribution in [3.63, 3.8) is 0 Å². The fourth-order valence-electron chi connectivity index (χ4n) is 2.38. The molecule has 1 heterocycles. The van der Waals surface area contributed by atoms with E-state index in [1.54, 1.807) is 0 Å². The fraction of sp³-hybridized carbons (Fsp3) is 0.462. The molecule has 0 bridgehead atoms. The van der Waals surface area contributed by atoms with Crippen LogP contribution < -0.4 is 0 Å². The Labute approximate surface area is 131 Å². The van der Waals surface area contributed by atoms with Gasteiger partial charge in [-0.2, -0.15) is 4.31 Å². The third-order valence-corrected chi connectivity index (χ3v) is 6.24. The molecule has 21 heavy (non-hydrogen) atoms. The van der Waals surface area contributed by atoms with Gasteiger partial charge in [0.25, 0.3) is 0 Å². The molecule has 0 radical (unpaired) electrons. The number of aromatic carboxylic acids is 1. The number of carboxylic acid groups (broad SMARTS) is 1. The highest BCUT2D eigenvalue weighted by Crippen LogP contribution is 2.34. The molecule has 1 saturated heterocycles. The van der Waals surface area contributed by atoms with Crippen LogP contribution in [-0.4, -0.2) is 47.6 Å². The Kier molecular flexibility index (Phi) is 4.44. The summed E-state index contributed by atoms with van der Waals surface area (Å²) in [5, 5.41) is 19.1. The number of rotatable bonds is 5. The molecule has 8 heteroatoms. The van der Waals surface area contributed by atoms with Crippen LogP contribution in [-0.2, 0) is 10.0 Å². The van der Waals surface area contributed by atoms with Crippen molar-refractivity contribution < 1.29 is 23.4 Å². The second-order valence-electron chi connectivity index (χ2n) is 5.20. The number of β-amino-alcohol motifs (C(OH)–C–C–N with tert-alkyl or cyclic N) is 1. The standard InChI is InChI=1S/C13H16BrNO5S/c1-2-5-13(18)7-15(8-13)21(19,20)11-6-9(12(16)17)3-4-10(11)14/h3-4,6,18H,2,5,7-8H2,1H3,(H,16,17). The molecule has 116 valence electrons. The van der Waals surface area contributed by atoms with E-state index in [1.807, 2.05) is 6.92 Å². The van der Waals surface area contributed by atoms with E-state index < -0.39 is 21.6 Å². The maximum atomic E-state index is 12.5. The van der Waals surface area contributed by atoms with Crippen molar-refractivity contribution in [2.24, 2.45) is 0 Å². The first kappa shape index (κ1) is 16.4. The summed E-state index contributed by atoms with van der Waals surface area (Å²) in [6, 6.07) is 3.85. The minimum atomic E-state index is -3.82. The highest BCUT2D eigenvalue weighted by atomic mass is 79.9. The zero-order valence-electron chi connectivity index (χ0n) is 11.4. The number of benzene rings is 1. The monoisotopic (exact) mass is 377 g/mol. The van der Waals surface area contributed by atoms with E-state index in [0.29, 0.717) is 10.9 Å². The molecule has 0 spiro atoms. The smallest absolute Gasteiger partial charge is 0.335 e. The first-order valence-electron chi connectivity index (χ1n) is 6.45. The Morgan fingerprint density at radius 1 is 1.43 bits per heavy atom. The van der Waals surface area contributed by atoms with E-state index in [9.17, 15) is 18.3 Å². The van der Waals surface area contributed by atoms with Crippen molar-refractivity contribution >= 4 is 31.9 Å². The van der Waals surface area contributed by atoms with Gasteiger partial charge in [0.2, 0.25) is 10.0 Å². The molecule has 1 aromatic rings. The minimum Gasteiger partial charge on any atom is -0.478 e. The summed E-state index contributed by atoms with van der Waals surface area (Å²) in [6.07, 6.45) is 1.30. The number of carboxylic acids is 1. The van der Waals surface area contributed by atoms with Crippen molar-refractivity contribution in [3.05, 3.63) is 28.2 Å². The quantitative estimate of drug-likeness (QED) is 0.813. The van der Waals surface area contributed by atoms with Gasteiger partial charge in [0.1, 0.15) is 0 Å². The predicted molar refractivity (Wildman–Crippen MR) is 79.7 cm³/mol. The van der Waals surface area contributed by atoms with Gasteiger partial charge in [-0.3, -0.25) is 0 Å². The largest absolute Gasteiger partial charge is 0.478 e. The van der Waals surface area contributed by atoms with Crippen LogP contribution in [0.4, 0.5) is 0 Å². The Bertz CT molecular complexity index is 667. The Balaban J connectivity index is 2.30. The molecule has 1 aromatic carbocycles. The van der Waals surface area contributed by atoms with Crippen LogP contribution in [0.25, 0.3) is 0 Å². The number of sulfonamides is 1. The zero-order chi connectivity index (χ0) is 15.8. The third-order valence-electron chi connectivity index (χ3n) is 3.45. The van der Waals surface area contributed by atoms with Crippen LogP contribution in [0.5, 0.6) is 0 Å². The molecule has 0 atom stereocenters. The molecule has 0 aromatic heterocycles. The van der Waals surface area contributed by atoms with E-state index in [4.69, 9.17) is 5.11 Å². The Hall–Kier alpha value is -0.960. The van der Waals surface area contributed by atoms with E-state index in [-0.39, 0.29) is 23.5 Å². The van der Waals surface area contributed by atoms with Gasteiger partial charge in [-0.25, -0.2) is 13.2 Å². The highest BCUT2D eigenvalue weighted by Gasteiger charge is 2.47. The average Bonchev–Trinajstić information content (AvgIpc) is 2.36. The number of hydrogen-bond acceptors (Lipinski definition) is 4. The normalized spacial score (nSPS) is 18.2. The molecule has 0 saturated carbocycles. The number of halogens is 1. The summed E-state index contributed by atoms with van der Waals surface area (Å²) in [7, 11) is -3.82. The summed E-state index contributed by atoms with van der Waals surface area (Å²) in [6.45, 7) is 1.99. The van der Waals surface area contributed by atoms with E-state index in [1.165, 1.54) is 12.1 Å². The molecule has 1 aliphatic heterocycles. The van der Waals surface area contributed by atoms with Crippen LogP contribution in [0, 0.1) is 0 Å². The summed E-state index contributed by atoms with van der Waals surface area (Å²) in [5.41, 5.74) is -1.07. The van der Waals surface area contributed by atoms with Gasteiger partial charge < -0.3 is 10.2 Å². The maximum Gasteiger partial charge on any atom is 0.335 e. The predicted octanol–water partition coefficient (Wildman–Crippen LogP) is 1.68. The first-order chi connectivity index (χ1) is 9.69. The first-order valence-corrected chi connectivity index (χ1v) is 8.68. The van der Waals surface area contributed by atoms with Crippen LogP contribution in [0.3, 0.4) is 0 Å². The van der Waals surface area contributed by atoms with Gasteiger partial charge in [-0.15, -0.1) is 0 Å². The fourth-order valence-corrected chi connectivity index (χ4v) is 4.93. The van der Waals surface area contributed by atoms with E-state index >= 15 is 0 Å². The SMILES string of the molecule is CCCC1(O)CN(S(=O)(=O)c2cc(C(=O)O)ccc2Br)C1. The molecule has 0 aliphatic carbocycles. The number of aliphatic hydroxyl groups is 1. The van der Waals surface area contributed by atoms with Crippen molar-refractivity contribution in [1.29, 1.82) is 0 Å². The molecule has 0 amide bonds. The lowest BCUT2D eigenvalue weighted by molar-refractivity contribution is -0.0653. The summed E-state index contributed by atoms with van der Waals surface area (Å²) >= 11 is 3.13.